The largest absolute Gasteiger partial charge is 0.338 e. The first-order valence-corrected chi connectivity index (χ1v) is 6.86. The fourth-order valence-corrected chi connectivity index (χ4v) is 2.92. The molecule has 0 aromatic heterocycles. The van der Waals surface area contributed by atoms with E-state index in [0.717, 1.165) is 44.6 Å². The molecule has 2 heterocycles. The molecule has 0 saturated carbocycles. The summed E-state index contributed by atoms with van der Waals surface area (Å²) in [4.78, 5) is 14.4. The minimum atomic E-state index is 0.202. The van der Waals surface area contributed by atoms with Gasteiger partial charge in [0.1, 0.15) is 0 Å². The van der Waals surface area contributed by atoms with Gasteiger partial charge in [0.15, 0.2) is 0 Å². The van der Waals surface area contributed by atoms with E-state index >= 15 is 0 Å². The van der Waals surface area contributed by atoms with Crippen molar-refractivity contribution in [1.29, 1.82) is 0 Å². The van der Waals surface area contributed by atoms with Crippen molar-refractivity contribution < 1.29 is 4.79 Å². The molecule has 0 spiro atoms. The fourth-order valence-electron chi connectivity index (χ4n) is 2.92. The third-order valence-electron chi connectivity index (χ3n) is 4.05. The molecule has 0 aliphatic carbocycles. The van der Waals surface area contributed by atoms with Gasteiger partial charge in [-0.05, 0) is 48.6 Å². The summed E-state index contributed by atoms with van der Waals surface area (Å²) >= 11 is 0. The van der Waals surface area contributed by atoms with Crippen molar-refractivity contribution >= 4 is 5.91 Å². The monoisotopic (exact) mass is 244 g/mol. The molecule has 1 aromatic rings. The van der Waals surface area contributed by atoms with Crippen LogP contribution in [0.2, 0.25) is 0 Å². The molecule has 3 nitrogen and oxygen atoms in total. The van der Waals surface area contributed by atoms with Crippen LogP contribution in [0.25, 0.3) is 0 Å². The topological polar surface area (TPSA) is 32.3 Å². The van der Waals surface area contributed by atoms with E-state index < -0.39 is 0 Å². The standard InChI is InChI=1S/C15H20N2O/c1-11-5-7-17(10-11)15(18)13-3-2-12-4-6-16-9-14(12)8-13/h2-3,8,11,16H,4-7,9-10H2,1H3. The Kier molecular flexibility index (Phi) is 3.08. The fraction of sp³-hybridized carbons (Fsp3) is 0.533. The molecule has 1 aromatic carbocycles. The Morgan fingerprint density at radius 3 is 3.06 bits per heavy atom. The van der Waals surface area contributed by atoms with Crippen LogP contribution in [0.4, 0.5) is 0 Å². The lowest BCUT2D eigenvalue weighted by molar-refractivity contribution is 0.0788. The number of likely N-dealkylation sites (tertiary alicyclic amines) is 1. The number of hydrogen-bond acceptors (Lipinski definition) is 2. The minimum absolute atomic E-state index is 0.202. The first kappa shape index (κ1) is 11.7. The number of fused-ring (bicyclic) bond motifs is 1. The Morgan fingerprint density at radius 1 is 1.39 bits per heavy atom. The van der Waals surface area contributed by atoms with Crippen LogP contribution in [-0.4, -0.2) is 30.4 Å². The third kappa shape index (κ3) is 2.15. The second-order valence-corrected chi connectivity index (χ2v) is 5.56. The average molecular weight is 244 g/mol. The van der Waals surface area contributed by atoms with Gasteiger partial charge >= 0.3 is 0 Å². The van der Waals surface area contributed by atoms with Gasteiger partial charge in [-0.3, -0.25) is 4.79 Å². The van der Waals surface area contributed by atoms with Crippen LogP contribution >= 0.6 is 0 Å². The number of nitrogens with one attached hydrogen (secondary N) is 1. The van der Waals surface area contributed by atoms with E-state index in [2.05, 4.69) is 24.4 Å². The van der Waals surface area contributed by atoms with Crippen LogP contribution < -0.4 is 5.32 Å². The molecule has 18 heavy (non-hydrogen) atoms. The van der Waals surface area contributed by atoms with Crippen molar-refractivity contribution in [3.8, 4) is 0 Å². The van der Waals surface area contributed by atoms with Gasteiger partial charge in [0.2, 0.25) is 0 Å². The Morgan fingerprint density at radius 2 is 2.28 bits per heavy atom. The first-order chi connectivity index (χ1) is 8.74. The van der Waals surface area contributed by atoms with Gasteiger partial charge in [-0.25, -0.2) is 0 Å². The average Bonchev–Trinajstić information content (AvgIpc) is 2.84. The van der Waals surface area contributed by atoms with Crippen molar-refractivity contribution in [2.45, 2.75) is 26.3 Å². The lowest BCUT2D eigenvalue weighted by Gasteiger charge is -2.20. The van der Waals surface area contributed by atoms with Crippen LogP contribution in [0, 0.1) is 5.92 Å². The van der Waals surface area contributed by atoms with Crippen LogP contribution in [-0.2, 0) is 13.0 Å². The number of benzene rings is 1. The van der Waals surface area contributed by atoms with Crippen molar-refractivity contribution in [2.75, 3.05) is 19.6 Å². The van der Waals surface area contributed by atoms with Gasteiger partial charge < -0.3 is 10.2 Å². The summed E-state index contributed by atoms with van der Waals surface area (Å²) in [6, 6.07) is 6.20. The SMILES string of the molecule is CC1CCN(C(=O)c2ccc3c(c2)CNCC3)C1. The van der Waals surface area contributed by atoms with Gasteiger partial charge in [-0.2, -0.15) is 0 Å². The van der Waals surface area contributed by atoms with Gasteiger partial charge in [-0.1, -0.05) is 13.0 Å². The molecule has 0 bridgehead atoms. The maximum atomic E-state index is 12.4. The quantitative estimate of drug-likeness (QED) is 0.817. The summed E-state index contributed by atoms with van der Waals surface area (Å²) in [5.74, 6) is 0.848. The van der Waals surface area contributed by atoms with E-state index in [1.54, 1.807) is 0 Å². The predicted molar refractivity (Wildman–Crippen MR) is 71.5 cm³/mol. The molecule has 1 saturated heterocycles. The van der Waals surface area contributed by atoms with E-state index in [1.165, 1.54) is 11.1 Å². The molecule has 96 valence electrons. The zero-order valence-electron chi connectivity index (χ0n) is 10.9. The molecule has 1 amide bonds. The third-order valence-corrected chi connectivity index (χ3v) is 4.05. The van der Waals surface area contributed by atoms with Crippen molar-refractivity contribution in [1.82, 2.24) is 10.2 Å². The number of hydrogen-bond donors (Lipinski definition) is 1. The predicted octanol–water partition coefficient (Wildman–Crippen LogP) is 1.81. The summed E-state index contributed by atoms with van der Waals surface area (Å²) in [5, 5.41) is 3.36. The second kappa shape index (κ2) is 4.73. The van der Waals surface area contributed by atoms with E-state index in [4.69, 9.17) is 0 Å². The normalized spacial score (nSPS) is 22.9. The maximum Gasteiger partial charge on any atom is 0.253 e. The Labute approximate surface area is 108 Å². The van der Waals surface area contributed by atoms with Crippen molar-refractivity contribution in [3.05, 3.63) is 34.9 Å². The zero-order chi connectivity index (χ0) is 12.5. The molecule has 1 unspecified atom stereocenters. The summed E-state index contributed by atoms with van der Waals surface area (Å²) in [5.41, 5.74) is 3.53. The number of amides is 1. The molecule has 1 atom stereocenters. The number of rotatable bonds is 1. The second-order valence-electron chi connectivity index (χ2n) is 5.56. The van der Waals surface area contributed by atoms with Crippen LogP contribution in [0.5, 0.6) is 0 Å². The summed E-state index contributed by atoms with van der Waals surface area (Å²) in [7, 11) is 0. The Hall–Kier alpha value is -1.35. The van der Waals surface area contributed by atoms with Gasteiger partial charge in [0.05, 0.1) is 0 Å². The highest BCUT2D eigenvalue weighted by Crippen LogP contribution is 2.21. The minimum Gasteiger partial charge on any atom is -0.338 e. The van der Waals surface area contributed by atoms with E-state index in [9.17, 15) is 4.79 Å². The molecule has 3 rings (SSSR count). The van der Waals surface area contributed by atoms with E-state index in [1.807, 2.05) is 11.0 Å². The van der Waals surface area contributed by atoms with Crippen molar-refractivity contribution in [3.63, 3.8) is 0 Å². The molecule has 3 heteroatoms. The van der Waals surface area contributed by atoms with Gasteiger partial charge in [-0.15, -0.1) is 0 Å². The summed E-state index contributed by atoms with van der Waals surface area (Å²) < 4.78 is 0. The highest BCUT2D eigenvalue weighted by Gasteiger charge is 2.24. The number of carbonyl (C=O) groups excluding carboxylic acids is 1. The van der Waals surface area contributed by atoms with Crippen LogP contribution in [0.15, 0.2) is 18.2 Å². The van der Waals surface area contributed by atoms with E-state index in [-0.39, 0.29) is 5.91 Å². The Bertz CT molecular complexity index is 470. The van der Waals surface area contributed by atoms with Crippen molar-refractivity contribution in [2.24, 2.45) is 5.92 Å². The van der Waals surface area contributed by atoms with E-state index in [0.29, 0.717) is 5.92 Å². The Balaban J connectivity index is 1.81. The number of nitrogens with zero attached hydrogens (tertiary/aromatic N) is 1. The number of carbonyl (C=O) groups is 1. The molecular weight excluding hydrogens is 224 g/mol. The zero-order valence-corrected chi connectivity index (χ0v) is 10.9. The highest BCUT2D eigenvalue weighted by molar-refractivity contribution is 5.94. The highest BCUT2D eigenvalue weighted by atomic mass is 16.2. The molecule has 2 aliphatic rings. The molecule has 1 N–H and O–H groups in total. The molecular formula is C15H20N2O. The summed E-state index contributed by atoms with van der Waals surface area (Å²) in [6.45, 7) is 5.98. The van der Waals surface area contributed by atoms with Gasteiger partial charge in [0.25, 0.3) is 5.91 Å². The molecule has 2 aliphatic heterocycles. The molecule has 0 radical (unpaired) electrons. The van der Waals surface area contributed by atoms with Gasteiger partial charge in [0, 0.05) is 25.2 Å². The lowest BCUT2D eigenvalue weighted by Crippen LogP contribution is -2.29. The smallest absolute Gasteiger partial charge is 0.253 e. The first-order valence-electron chi connectivity index (χ1n) is 6.86. The lowest BCUT2D eigenvalue weighted by atomic mass is 9.98. The maximum absolute atomic E-state index is 12.4. The van der Waals surface area contributed by atoms with Crippen LogP contribution in [0.1, 0.15) is 34.8 Å². The summed E-state index contributed by atoms with van der Waals surface area (Å²) in [6.07, 6.45) is 2.21. The molecule has 1 fully saturated rings. The van der Waals surface area contributed by atoms with Crippen LogP contribution in [0.3, 0.4) is 0 Å².